The molecule has 3 aromatic carbocycles. The maximum Gasteiger partial charge on any atom is 0.342 e. The van der Waals surface area contributed by atoms with Gasteiger partial charge in [0.15, 0.2) is 0 Å². The van der Waals surface area contributed by atoms with E-state index in [1.165, 1.54) is 4.90 Å². The van der Waals surface area contributed by atoms with Gasteiger partial charge in [-0.3, -0.25) is 0 Å². The van der Waals surface area contributed by atoms with Gasteiger partial charge in [0, 0.05) is 37.9 Å². The lowest BCUT2D eigenvalue weighted by molar-refractivity contribution is 0.192. The number of hydrazone groups is 1. The third kappa shape index (κ3) is 3.58. The quantitative estimate of drug-likeness (QED) is 0.468. The fourth-order valence-electron chi connectivity index (χ4n) is 3.90. The molecule has 4 nitrogen and oxygen atoms in total. The summed E-state index contributed by atoms with van der Waals surface area (Å²) in [4.78, 5) is 14.4. The molecule has 2 atom stereocenters. The second-order valence-electron chi connectivity index (χ2n) is 7.18. The van der Waals surface area contributed by atoms with E-state index < -0.39 is 0 Å². The van der Waals surface area contributed by atoms with Gasteiger partial charge in [0.05, 0.1) is 11.8 Å². The van der Waals surface area contributed by atoms with Crippen LogP contribution in [0.2, 0.25) is 10.0 Å². The number of halogens is 2. The van der Waals surface area contributed by atoms with Gasteiger partial charge in [-0.15, -0.1) is 11.8 Å². The molecule has 3 aromatic rings. The summed E-state index contributed by atoms with van der Waals surface area (Å²) in [6.07, 6.45) is 0. The minimum atomic E-state index is -0.276. The monoisotopic (exact) mass is 453 g/mol. The van der Waals surface area contributed by atoms with Gasteiger partial charge in [-0.2, -0.15) is 5.10 Å². The highest BCUT2D eigenvalue weighted by Crippen LogP contribution is 2.45. The first-order valence-corrected chi connectivity index (χ1v) is 11.3. The molecule has 0 spiro atoms. The smallest absolute Gasteiger partial charge is 0.306 e. The molecule has 0 bridgehead atoms. The molecule has 30 heavy (non-hydrogen) atoms. The van der Waals surface area contributed by atoms with E-state index in [0.29, 0.717) is 15.7 Å². The van der Waals surface area contributed by atoms with Crippen molar-refractivity contribution < 1.29 is 4.79 Å². The van der Waals surface area contributed by atoms with Crippen LogP contribution in [0.1, 0.15) is 17.2 Å². The van der Waals surface area contributed by atoms with E-state index in [4.69, 9.17) is 28.3 Å². The SMILES string of the molecule is O=C(Nc1ccc(Cl)cc1)N1N=C2c3ccccc3SC[C@@H]2[C@H]1c1ccc(Cl)cc1. The second-order valence-corrected chi connectivity index (χ2v) is 9.11. The molecule has 2 amide bonds. The largest absolute Gasteiger partial charge is 0.342 e. The van der Waals surface area contributed by atoms with Crippen LogP contribution in [-0.4, -0.2) is 22.5 Å². The number of fused-ring (bicyclic) bond motifs is 3. The predicted octanol–water partition coefficient (Wildman–Crippen LogP) is 6.71. The molecule has 2 aliphatic rings. The van der Waals surface area contributed by atoms with Gasteiger partial charge in [0.25, 0.3) is 0 Å². The lowest BCUT2D eigenvalue weighted by Gasteiger charge is -2.29. The zero-order chi connectivity index (χ0) is 20.7. The van der Waals surface area contributed by atoms with Gasteiger partial charge in [-0.25, -0.2) is 9.80 Å². The van der Waals surface area contributed by atoms with Crippen molar-refractivity contribution in [1.29, 1.82) is 0 Å². The number of amides is 2. The van der Waals surface area contributed by atoms with Gasteiger partial charge < -0.3 is 5.32 Å². The Morgan fingerprint density at radius 1 is 0.967 bits per heavy atom. The highest BCUT2D eigenvalue weighted by atomic mass is 35.5. The van der Waals surface area contributed by atoms with Crippen molar-refractivity contribution in [3.05, 3.63) is 94.0 Å². The highest BCUT2D eigenvalue weighted by Gasteiger charge is 2.44. The first-order chi connectivity index (χ1) is 14.6. The number of benzene rings is 3. The van der Waals surface area contributed by atoms with Crippen molar-refractivity contribution in [2.45, 2.75) is 10.9 Å². The molecular formula is C23H17Cl2N3OS. The Bertz CT molecular complexity index is 1130. The number of thioether (sulfide) groups is 1. The maximum absolute atomic E-state index is 13.2. The molecular weight excluding hydrogens is 437 g/mol. The van der Waals surface area contributed by atoms with Gasteiger partial charge in [-0.05, 0) is 48.0 Å². The summed E-state index contributed by atoms with van der Waals surface area (Å²) in [7, 11) is 0. The minimum Gasteiger partial charge on any atom is -0.306 e. The van der Waals surface area contributed by atoms with Crippen LogP contribution in [0.25, 0.3) is 0 Å². The number of carbonyl (C=O) groups is 1. The number of hydrogen-bond acceptors (Lipinski definition) is 3. The Kier molecular flexibility index (Phi) is 5.19. The summed E-state index contributed by atoms with van der Waals surface area (Å²) in [5.74, 6) is 0.954. The van der Waals surface area contributed by atoms with Crippen molar-refractivity contribution in [2.75, 3.05) is 11.1 Å². The molecule has 150 valence electrons. The first kappa shape index (κ1) is 19.5. The maximum atomic E-state index is 13.2. The molecule has 5 rings (SSSR count). The van der Waals surface area contributed by atoms with E-state index in [1.54, 1.807) is 41.0 Å². The van der Waals surface area contributed by atoms with Crippen molar-refractivity contribution in [3.63, 3.8) is 0 Å². The summed E-state index contributed by atoms with van der Waals surface area (Å²) in [6, 6.07) is 22.4. The fraction of sp³-hybridized carbons (Fsp3) is 0.130. The predicted molar refractivity (Wildman–Crippen MR) is 124 cm³/mol. The van der Waals surface area contributed by atoms with Crippen LogP contribution < -0.4 is 5.32 Å². The zero-order valence-corrected chi connectivity index (χ0v) is 18.1. The van der Waals surface area contributed by atoms with Crippen LogP contribution >= 0.6 is 35.0 Å². The summed E-state index contributed by atoms with van der Waals surface area (Å²) in [5.41, 5.74) is 3.73. The Labute approximate surface area is 188 Å². The van der Waals surface area contributed by atoms with Crippen LogP contribution in [0.15, 0.2) is 82.8 Å². The lowest BCUT2D eigenvalue weighted by atomic mass is 9.88. The Hall–Kier alpha value is -2.47. The third-order valence-corrected chi connectivity index (χ3v) is 7.00. The lowest BCUT2D eigenvalue weighted by Crippen LogP contribution is -2.35. The van der Waals surface area contributed by atoms with Gasteiger partial charge in [0.1, 0.15) is 0 Å². The molecule has 0 saturated heterocycles. The standard InChI is InChI=1S/C23H17Cl2N3OS/c24-15-7-5-14(6-8-15)22-19-13-30-20-4-2-1-3-18(20)21(19)27-28(22)23(29)26-17-11-9-16(25)10-12-17/h1-12,19,22H,13H2,(H,26,29)/t19-,22+/m0/s1. The molecule has 0 aliphatic carbocycles. The van der Waals surface area contributed by atoms with Gasteiger partial charge in [0.2, 0.25) is 0 Å². The second kappa shape index (κ2) is 7.99. The average molecular weight is 454 g/mol. The van der Waals surface area contributed by atoms with E-state index >= 15 is 0 Å². The van der Waals surface area contributed by atoms with Crippen LogP contribution in [0.4, 0.5) is 10.5 Å². The van der Waals surface area contributed by atoms with E-state index in [0.717, 1.165) is 22.6 Å². The van der Waals surface area contributed by atoms with Crippen LogP contribution in [-0.2, 0) is 0 Å². The number of hydrogen-bond donors (Lipinski definition) is 1. The fourth-order valence-corrected chi connectivity index (χ4v) is 5.35. The van der Waals surface area contributed by atoms with E-state index in [9.17, 15) is 4.79 Å². The van der Waals surface area contributed by atoms with Crippen LogP contribution in [0, 0.1) is 5.92 Å². The molecule has 2 heterocycles. The molecule has 0 unspecified atom stereocenters. The third-order valence-electron chi connectivity index (χ3n) is 5.31. The van der Waals surface area contributed by atoms with Crippen molar-refractivity contribution in [3.8, 4) is 0 Å². The summed E-state index contributed by atoms with van der Waals surface area (Å²) in [5, 5.41) is 10.6. The van der Waals surface area contributed by atoms with Gasteiger partial charge >= 0.3 is 6.03 Å². The van der Waals surface area contributed by atoms with Crippen LogP contribution in [0.3, 0.4) is 0 Å². The zero-order valence-electron chi connectivity index (χ0n) is 15.8. The number of urea groups is 1. The Balaban J connectivity index is 1.53. The van der Waals surface area contributed by atoms with E-state index in [-0.39, 0.29) is 18.0 Å². The van der Waals surface area contributed by atoms with Crippen molar-refractivity contribution in [2.24, 2.45) is 11.0 Å². The number of carbonyl (C=O) groups excluding carboxylic acids is 1. The molecule has 0 fully saturated rings. The summed E-state index contributed by atoms with van der Waals surface area (Å²) in [6.45, 7) is 0. The number of nitrogens with one attached hydrogen (secondary N) is 1. The first-order valence-electron chi connectivity index (χ1n) is 9.52. The molecule has 0 saturated carbocycles. The molecule has 0 radical (unpaired) electrons. The molecule has 2 aliphatic heterocycles. The number of rotatable bonds is 2. The van der Waals surface area contributed by atoms with E-state index in [1.807, 2.05) is 36.4 Å². The summed E-state index contributed by atoms with van der Waals surface area (Å²) < 4.78 is 0. The number of nitrogens with zero attached hydrogens (tertiary/aromatic N) is 2. The number of anilines is 1. The Morgan fingerprint density at radius 2 is 1.63 bits per heavy atom. The van der Waals surface area contributed by atoms with Crippen molar-refractivity contribution in [1.82, 2.24) is 5.01 Å². The van der Waals surface area contributed by atoms with Crippen LogP contribution in [0.5, 0.6) is 0 Å². The summed E-state index contributed by atoms with van der Waals surface area (Å²) >= 11 is 13.9. The van der Waals surface area contributed by atoms with E-state index in [2.05, 4.69) is 17.4 Å². The average Bonchev–Trinajstić information content (AvgIpc) is 3.16. The normalized spacial score (nSPS) is 19.7. The molecule has 0 aromatic heterocycles. The molecule has 7 heteroatoms. The Morgan fingerprint density at radius 3 is 2.37 bits per heavy atom. The van der Waals surface area contributed by atoms with Gasteiger partial charge in [-0.1, -0.05) is 53.5 Å². The highest BCUT2D eigenvalue weighted by molar-refractivity contribution is 7.99. The minimum absolute atomic E-state index is 0.0991. The molecule has 1 N–H and O–H groups in total. The topological polar surface area (TPSA) is 44.7 Å². The van der Waals surface area contributed by atoms with Crippen molar-refractivity contribution >= 4 is 52.4 Å².